The lowest BCUT2D eigenvalue weighted by molar-refractivity contribution is -0.0102. The Bertz CT molecular complexity index is 83.1. The summed E-state index contributed by atoms with van der Waals surface area (Å²) < 4.78 is 0. The maximum absolute atomic E-state index is 9.16. The first kappa shape index (κ1) is 8.88. The van der Waals surface area contributed by atoms with Crippen LogP contribution in [0.5, 0.6) is 0 Å². The number of hydrogen-bond acceptors (Lipinski definition) is 3. The molecule has 1 unspecified atom stereocenters. The molecular formula is C6H15NO2. The summed E-state index contributed by atoms with van der Waals surface area (Å²) in [7, 11) is 0. The van der Waals surface area contributed by atoms with Crippen molar-refractivity contribution in [3.8, 4) is 0 Å². The fraction of sp³-hybridized carbons (Fsp3) is 1.00. The molecule has 9 heavy (non-hydrogen) atoms. The van der Waals surface area contributed by atoms with Gasteiger partial charge in [-0.3, -0.25) is 0 Å². The van der Waals surface area contributed by atoms with E-state index in [4.69, 9.17) is 10.3 Å². The molecule has 0 aliphatic carbocycles. The Labute approximate surface area is 55.7 Å². The fourth-order valence-corrected chi connectivity index (χ4v) is 0.585. The fourth-order valence-electron chi connectivity index (χ4n) is 0.585. The Morgan fingerprint density at radius 3 is 2.11 bits per heavy atom. The summed E-state index contributed by atoms with van der Waals surface area (Å²) in [5.74, 6) is 0. The maximum atomic E-state index is 9.16. The molecule has 3 N–H and O–H groups in total. The van der Waals surface area contributed by atoms with Gasteiger partial charge < -0.3 is 10.3 Å². The van der Waals surface area contributed by atoms with Crippen molar-refractivity contribution in [3.63, 3.8) is 0 Å². The molecule has 56 valence electrons. The lowest BCUT2D eigenvalue weighted by atomic mass is 9.97. The van der Waals surface area contributed by atoms with E-state index in [2.05, 4.69) is 0 Å². The lowest BCUT2D eigenvalue weighted by Crippen LogP contribution is -2.47. The maximum Gasteiger partial charge on any atom is 0.0736 e. The average molecular weight is 133 g/mol. The third-order valence-corrected chi connectivity index (χ3v) is 1.51. The molecule has 0 bridgehead atoms. The van der Waals surface area contributed by atoms with E-state index in [1.807, 2.05) is 12.4 Å². The number of rotatable bonds is 3. The van der Waals surface area contributed by atoms with Gasteiger partial charge in [-0.2, -0.15) is 5.48 Å². The predicted molar refractivity (Wildman–Crippen MR) is 35.3 cm³/mol. The highest BCUT2D eigenvalue weighted by Gasteiger charge is 2.24. The van der Waals surface area contributed by atoms with E-state index in [0.717, 1.165) is 0 Å². The van der Waals surface area contributed by atoms with Gasteiger partial charge in [0.25, 0.3) is 0 Å². The summed E-state index contributed by atoms with van der Waals surface area (Å²) in [5.41, 5.74) is 1.45. The first-order chi connectivity index (χ1) is 4.04. The molecule has 1 atom stereocenters. The molecule has 0 aliphatic rings. The Balaban J connectivity index is 3.80. The smallest absolute Gasteiger partial charge is 0.0736 e. The van der Waals surface area contributed by atoms with Crippen LogP contribution < -0.4 is 5.48 Å². The number of hydroxylamine groups is 1. The zero-order chi connectivity index (χ0) is 7.49. The molecule has 0 aliphatic heterocycles. The van der Waals surface area contributed by atoms with E-state index >= 15 is 0 Å². The first-order valence-corrected chi connectivity index (χ1v) is 3.14. The Kier molecular flexibility index (Phi) is 3.11. The molecule has 3 nitrogen and oxygen atoms in total. The van der Waals surface area contributed by atoms with Crippen LogP contribution in [0.4, 0.5) is 0 Å². The zero-order valence-electron chi connectivity index (χ0n) is 6.18. The van der Waals surface area contributed by atoms with Crippen molar-refractivity contribution in [2.45, 2.75) is 38.8 Å². The SMILES string of the molecule is CCC(O)C(C)(C)NO. The minimum atomic E-state index is -0.589. The minimum Gasteiger partial charge on any atom is -0.391 e. The highest BCUT2D eigenvalue weighted by Crippen LogP contribution is 2.10. The van der Waals surface area contributed by atoms with E-state index in [9.17, 15) is 0 Å². The second-order valence-corrected chi connectivity index (χ2v) is 2.76. The average Bonchev–Trinajstić information content (AvgIpc) is 1.86. The largest absolute Gasteiger partial charge is 0.391 e. The van der Waals surface area contributed by atoms with Crippen molar-refractivity contribution >= 4 is 0 Å². The summed E-state index contributed by atoms with van der Waals surface area (Å²) in [4.78, 5) is 0. The van der Waals surface area contributed by atoms with Crippen molar-refractivity contribution in [2.75, 3.05) is 0 Å². The third kappa shape index (κ3) is 2.30. The van der Waals surface area contributed by atoms with Crippen LogP contribution in [0.3, 0.4) is 0 Å². The molecular weight excluding hydrogens is 118 g/mol. The van der Waals surface area contributed by atoms with Gasteiger partial charge in [0.2, 0.25) is 0 Å². The molecule has 0 aromatic rings. The molecule has 0 amide bonds. The molecule has 0 spiro atoms. The molecule has 0 aromatic heterocycles. The Morgan fingerprint density at radius 2 is 2.00 bits per heavy atom. The van der Waals surface area contributed by atoms with Gasteiger partial charge in [0, 0.05) is 0 Å². The highest BCUT2D eigenvalue weighted by molar-refractivity contribution is 4.80. The second kappa shape index (κ2) is 3.15. The topological polar surface area (TPSA) is 52.5 Å². The standard InChI is InChI=1S/C6H15NO2/c1-4-5(8)6(2,3)7-9/h5,7-9H,4H2,1-3H3. The van der Waals surface area contributed by atoms with E-state index in [1.54, 1.807) is 13.8 Å². The third-order valence-electron chi connectivity index (χ3n) is 1.51. The van der Waals surface area contributed by atoms with E-state index < -0.39 is 11.6 Å². The van der Waals surface area contributed by atoms with Gasteiger partial charge in [0.15, 0.2) is 0 Å². The van der Waals surface area contributed by atoms with Crippen molar-refractivity contribution in [2.24, 2.45) is 0 Å². The quantitative estimate of drug-likeness (QED) is 0.492. The molecule has 0 saturated heterocycles. The highest BCUT2D eigenvalue weighted by atomic mass is 16.5. The normalized spacial score (nSPS) is 15.7. The molecule has 0 fully saturated rings. The van der Waals surface area contributed by atoms with Gasteiger partial charge in [-0.1, -0.05) is 6.92 Å². The summed E-state index contributed by atoms with van der Waals surface area (Å²) in [6, 6.07) is 0. The minimum absolute atomic E-state index is 0.498. The summed E-state index contributed by atoms with van der Waals surface area (Å²) in [6.45, 7) is 5.34. The van der Waals surface area contributed by atoms with Crippen LogP contribution in [0, 0.1) is 0 Å². The van der Waals surface area contributed by atoms with Crippen LogP contribution in [0.15, 0.2) is 0 Å². The van der Waals surface area contributed by atoms with Gasteiger partial charge in [-0.25, -0.2) is 0 Å². The van der Waals surface area contributed by atoms with Crippen molar-refractivity contribution < 1.29 is 10.3 Å². The monoisotopic (exact) mass is 133 g/mol. The summed E-state index contributed by atoms with van der Waals surface area (Å²) in [6.07, 6.45) is 0.142. The molecule has 0 rings (SSSR count). The molecule has 0 aromatic carbocycles. The van der Waals surface area contributed by atoms with E-state index in [-0.39, 0.29) is 0 Å². The second-order valence-electron chi connectivity index (χ2n) is 2.76. The van der Waals surface area contributed by atoms with Crippen LogP contribution in [0.2, 0.25) is 0 Å². The lowest BCUT2D eigenvalue weighted by Gasteiger charge is -2.27. The first-order valence-electron chi connectivity index (χ1n) is 3.14. The summed E-state index contributed by atoms with van der Waals surface area (Å²) >= 11 is 0. The van der Waals surface area contributed by atoms with Gasteiger partial charge in [0.1, 0.15) is 0 Å². The van der Waals surface area contributed by atoms with Crippen LogP contribution in [-0.2, 0) is 0 Å². The molecule has 3 heteroatoms. The molecule has 0 saturated carbocycles. The van der Waals surface area contributed by atoms with Gasteiger partial charge >= 0.3 is 0 Å². The van der Waals surface area contributed by atoms with Crippen LogP contribution in [0.25, 0.3) is 0 Å². The Hall–Kier alpha value is -0.120. The van der Waals surface area contributed by atoms with Gasteiger partial charge in [-0.15, -0.1) is 0 Å². The molecule has 0 heterocycles. The number of hydrogen-bond donors (Lipinski definition) is 3. The van der Waals surface area contributed by atoms with E-state index in [1.165, 1.54) is 0 Å². The van der Waals surface area contributed by atoms with Crippen LogP contribution in [-0.4, -0.2) is 22.0 Å². The zero-order valence-corrected chi connectivity index (χ0v) is 6.18. The van der Waals surface area contributed by atoms with Crippen LogP contribution in [0.1, 0.15) is 27.2 Å². The van der Waals surface area contributed by atoms with Gasteiger partial charge in [-0.05, 0) is 20.3 Å². The summed E-state index contributed by atoms with van der Waals surface area (Å²) in [5, 5.41) is 17.6. The van der Waals surface area contributed by atoms with Crippen molar-refractivity contribution in [1.29, 1.82) is 0 Å². The number of nitrogens with one attached hydrogen (secondary N) is 1. The number of aliphatic hydroxyl groups excluding tert-OH is 1. The van der Waals surface area contributed by atoms with Crippen molar-refractivity contribution in [1.82, 2.24) is 5.48 Å². The Morgan fingerprint density at radius 1 is 1.56 bits per heavy atom. The molecule has 0 radical (unpaired) electrons. The van der Waals surface area contributed by atoms with Gasteiger partial charge in [0.05, 0.1) is 11.6 Å². The van der Waals surface area contributed by atoms with Crippen molar-refractivity contribution in [3.05, 3.63) is 0 Å². The van der Waals surface area contributed by atoms with Crippen LogP contribution >= 0.6 is 0 Å². The van der Waals surface area contributed by atoms with E-state index in [0.29, 0.717) is 6.42 Å². The predicted octanol–water partition coefficient (Wildman–Crippen LogP) is 0.515. The number of aliphatic hydroxyl groups is 1.